The molecule has 0 aliphatic heterocycles. The lowest BCUT2D eigenvalue weighted by Crippen LogP contribution is -2.51. The standard InChI is InChI=1S/C29H32N6O2/c30-14-13-23-7-10-25(11-8-23)34-29(36)22-37-21-24-9-12-28(33-17-24)20-35(18-26-5-1-3-15-31-26)19-27-6-2-4-16-32-27/h1-12,15-17H,13-14,18-22,30H2,(H,34,36)/p+1. The number of pyridine rings is 3. The van der Waals surface area contributed by atoms with Crippen LogP contribution in [0.4, 0.5) is 5.69 Å². The second-order valence-electron chi connectivity index (χ2n) is 8.79. The number of benzene rings is 1. The van der Waals surface area contributed by atoms with Gasteiger partial charge < -0.3 is 15.8 Å². The predicted molar refractivity (Wildman–Crippen MR) is 142 cm³/mol. The van der Waals surface area contributed by atoms with Gasteiger partial charge in [-0.2, -0.15) is 0 Å². The van der Waals surface area contributed by atoms with Crippen LogP contribution in [0.5, 0.6) is 0 Å². The van der Waals surface area contributed by atoms with E-state index in [1.807, 2.05) is 85.2 Å². The van der Waals surface area contributed by atoms with Gasteiger partial charge in [-0.1, -0.05) is 30.3 Å². The van der Waals surface area contributed by atoms with Crippen molar-refractivity contribution in [3.8, 4) is 0 Å². The van der Waals surface area contributed by atoms with Gasteiger partial charge in [0, 0.05) is 50.3 Å². The fourth-order valence-corrected chi connectivity index (χ4v) is 3.89. The summed E-state index contributed by atoms with van der Waals surface area (Å²) in [4.78, 5) is 28.0. The monoisotopic (exact) mass is 497 g/mol. The number of aromatic nitrogens is 3. The molecule has 1 amide bonds. The van der Waals surface area contributed by atoms with Gasteiger partial charge in [-0.3, -0.25) is 24.6 Å². The number of quaternary nitrogens is 1. The molecule has 0 spiro atoms. The quantitative estimate of drug-likeness (QED) is 0.294. The molecule has 0 unspecified atom stereocenters. The van der Waals surface area contributed by atoms with Gasteiger partial charge in [-0.15, -0.1) is 0 Å². The summed E-state index contributed by atoms with van der Waals surface area (Å²) < 4.78 is 5.61. The van der Waals surface area contributed by atoms with E-state index in [0.29, 0.717) is 26.2 Å². The van der Waals surface area contributed by atoms with Crippen molar-refractivity contribution in [3.63, 3.8) is 0 Å². The summed E-state index contributed by atoms with van der Waals surface area (Å²) in [5.41, 5.74) is 9.67. The second-order valence-corrected chi connectivity index (χ2v) is 8.79. The Morgan fingerprint density at radius 1 is 0.784 bits per heavy atom. The van der Waals surface area contributed by atoms with E-state index in [1.165, 1.54) is 5.56 Å². The van der Waals surface area contributed by atoms with Gasteiger partial charge in [0.05, 0.1) is 30.2 Å². The number of hydrogen-bond acceptors (Lipinski definition) is 6. The van der Waals surface area contributed by atoms with Crippen LogP contribution in [0.15, 0.2) is 91.4 Å². The van der Waals surface area contributed by atoms with Gasteiger partial charge in [0.15, 0.2) is 0 Å². The zero-order valence-electron chi connectivity index (χ0n) is 20.9. The molecule has 0 saturated carbocycles. The summed E-state index contributed by atoms with van der Waals surface area (Å²) in [6.07, 6.45) is 6.34. The molecule has 4 N–H and O–H groups in total. The van der Waals surface area contributed by atoms with Crippen molar-refractivity contribution in [3.05, 3.63) is 120 Å². The number of anilines is 1. The lowest BCUT2D eigenvalue weighted by molar-refractivity contribution is -0.366. The summed E-state index contributed by atoms with van der Waals surface area (Å²) in [6, 6.07) is 23.7. The lowest BCUT2D eigenvalue weighted by Gasteiger charge is -2.21. The number of nitrogens with zero attached hydrogens (tertiary/aromatic N) is 4. The molecule has 4 rings (SSSR count). The highest BCUT2D eigenvalue weighted by molar-refractivity contribution is 5.91. The SMILES string of the molecule is [NH3+]CCc1ccc(NC(=O)COCc2ccc(CN(Cc3ccccn3)Cc3ccccn3)nc2)cc1. The number of amides is 1. The van der Waals surface area contributed by atoms with Crippen molar-refractivity contribution in [1.29, 1.82) is 0 Å². The molecule has 0 saturated heterocycles. The molecule has 8 nitrogen and oxygen atoms in total. The van der Waals surface area contributed by atoms with E-state index in [1.54, 1.807) is 6.20 Å². The van der Waals surface area contributed by atoms with E-state index in [-0.39, 0.29) is 12.5 Å². The first-order valence-electron chi connectivity index (χ1n) is 12.4. The van der Waals surface area contributed by atoms with E-state index >= 15 is 0 Å². The number of carbonyl (C=O) groups is 1. The highest BCUT2D eigenvalue weighted by atomic mass is 16.5. The number of ether oxygens (including phenoxy) is 1. The molecular formula is C29H33N6O2+. The minimum Gasteiger partial charge on any atom is -0.367 e. The molecule has 8 heteroatoms. The highest BCUT2D eigenvalue weighted by Gasteiger charge is 2.11. The van der Waals surface area contributed by atoms with Crippen molar-refractivity contribution in [2.24, 2.45) is 0 Å². The van der Waals surface area contributed by atoms with Crippen LogP contribution in [0.1, 0.15) is 28.2 Å². The summed E-state index contributed by atoms with van der Waals surface area (Å²) in [5, 5.41) is 2.86. The molecule has 0 atom stereocenters. The third-order valence-corrected chi connectivity index (χ3v) is 5.70. The Hall–Kier alpha value is -3.98. The number of hydrogen-bond donors (Lipinski definition) is 2. The Kier molecular flexibility index (Phi) is 9.83. The Labute approximate surface area is 217 Å². The van der Waals surface area contributed by atoms with Crippen LogP contribution in [0, 0.1) is 0 Å². The first kappa shape index (κ1) is 26.1. The summed E-state index contributed by atoms with van der Waals surface area (Å²) in [6.45, 7) is 3.18. The van der Waals surface area contributed by atoms with Gasteiger partial charge in [0.2, 0.25) is 5.91 Å². The highest BCUT2D eigenvalue weighted by Crippen LogP contribution is 2.13. The average molecular weight is 498 g/mol. The van der Waals surface area contributed by atoms with E-state index in [2.05, 4.69) is 30.9 Å². The molecule has 0 aliphatic carbocycles. The van der Waals surface area contributed by atoms with Gasteiger partial charge >= 0.3 is 0 Å². The zero-order chi connectivity index (χ0) is 25.7. The normalized spacial score (nSPS) is 11.0. The lowest BCUT2D eigenvalue weighted by atomic mass is 10.1. The van der Waals surface area contributed by atoms with Crippen LogP contribution < -0.4 is 11.1 Å². The third-order valence-electron chi connectivity index (χ3n) is 5.70. The summed E-state index contributed by atoms with van der Waals surface area (Å²) >= 11 is 0. The van der Waals surface area contributed by atoms with Crippen molar-refractivity contribution in [2.75, 3.05) is 18.5 Å². The molecule has 37 heavy (non-hydrogen) atoms. The second kappa shape index (κ2) is 13.9. The molecule has 0 fully saturated rings. The number of nitrogens with one attached hydrogen (secondary N) is 1. The van der Waals surface area contributed by atoms with Crippen molar-refractivity contribution < 1.29 is 15.3 Å². The zero-order valence-corrected chi connectivity index (χ0v) is 20.9. The van der Waals surface area contributed by atoms with Crippen molar-refractivity contribution in [1.82, 2.24) is 19.9 Å². The van der Waals surface area contributed by atoms with Crippen molar-refractivity contribution in [2.45, 2.75) is 32.7 Å². The molecular weight excluding hydrogens is 464 g/mol. The maximum atomic E-state index is 12.2. The smallest absolute Gasteiger partial charge is 0.250 e. The number of carbonyl (C=O) groups excluding carboxylic acids is 1. The minimum absolute atomic E-state index is 0.0235. The Morgan fingerprint density at radius 2 is 1.41 bits per heavy atom. The Balaban J connectivity index is 1.27. The average Bonchev–Trinajstić information content (AvgIpc) is 2.92. The van der Waals surface area contributed by atoms with Crippen LogP contribution in [0.25, 0.3) is 0 Å². The minimum atomic E-state index is -0.186. The van der Waals surface area contributed by atoms with Crippen LogP contribution >= 0.6 is 0 Å². The molecule has 4 aromatic rings. The summed E-state index contributed by atoms with van der Waals surface area (Å²) in [7, 11) is 0. The number of rotatable bonds is 13. The van der Waals surface area contributed by atoms with Gasteiger partial charge in [0.1, 0.15) is 6.61 Å². The van der Waals surface area contributed by atoms with Crippen LogP contribution in [-0.2, 0) is 42.2 Å². The van der Waals surface area contributed by atoms with Crippen LogP contribution in [0.3, 0.4) is 0 Å². The molecule has 3 aromatic heterocycles. The first-order chi connectivity index (χ1) is 18.2. The largest absolute Gasteiger partial charge is 0.367 e. The van der Waals surface area contributed by atoms with E-state index in [0.717, 1.165) is 41.3 Å². The molecule has 0 radical (unpaired) electrons. The van der Waals surface area contributed by atoms with Crippen LogP contribution in [0.2, 0.25) is 0 Å². The van der Waals surface area contributed by atoms with E-state index < -0.39 is 0 Å². The molecule has 0 bridgehead atoms. The first-order valence-corrected chi connectivity index (χ1v) is 12.4. The van der Waals surface area contributed by atoms with E-state index in [9.17, 15) is 4.79 Å². The molecule has 190 valence electrons. The Morgan fingerprint density at radius 3 is 1.95 bits per heavy atom. The third kappa shape index (κ3) is 8.88. The topological polar surface area (TPSA) is 108 Å². The van der Waals surface area contributed by atoms with Crippen LogP contribution in [-0.4, -0.2) is 38.9 Å². The fraction of sp³-hybridized carbons (Fsp3) is 0.241. The summed E-state index contributed by atoms with van der Waals surface area (Å²) in [5.74, 6) is -0.186. The van der Waals surface area contributed by atoms with Gasteiger partial charge in [-0.05, 0) is 53.6 Å². The van der Waals surface area contributed by atoms with E-state index in [4.69, 9.17) is 4.74 Å². The fourth-order valence-electron chi connectivity index (χ4n) is 3.89. The molecule has 0 aliphatic rings. The molecule has 1 aromatic carbocycles. The van der Waals surface area contributed by atoms with Gasteiger partial charge in [-0.25, -0.2) is 0 Å². The molecule has 3 heterocycles. The predicted octanol–water partition coefficient (Wildman–Crippen LogP) is 3.01. The maximum Gasteiger partial charge on any atom is 0.250 e. The van der Waals surface area contributed by atoms with Gasteiger partial charge in [0.25, 0.3) is 0 Å². The van der Waals surface area contributed by atoms with Crippen molar-refractivity contribution >= 4 is 11.6 Å². The Bertz CT molecular complexity index is 1180. The maximum absolute atomic E-state index is 12.2.